The van der Waals surface area contributed by atoms with Crippen molar-refractivity contribution < 1.29 is 8.83 Å². The number of benzene rings is 7. The van der Waals surface area contributed by atoms with Gasteiger partial charge in [0, 0.05) is 32.8 Å². The molecular weight excluding hydrogens is 488 g/mol. The molecule has 0 saturated heterocycles. The first-order chi connectivity index (χ1) is 19.8. The van der Waals surface area contributed by atoms with E-state index in [4.69, 9.17) is 8.83 Å². The van der Waals surface area contributed by atoms with Crippen LogP contribution in [0, 0.1) is 0 Å². The van der Waals surface area contributed by atoms with Gasteiger partial charge in [-0.1, -0.05) is 115 Å². The molecule has 2 aromatic heterocycles. The van der Waals surface area contributed by atoms with Gasteiger partial charge in [0.05, 0.1) is 0 Å². The van der Waals surface area contributed by atoms with Crippen LogP contribution in [0.1, 0.15) is 0 Å². The van der Waals surface area contributed by atoms with Crippen molar-refractivity contribution in [3.8, 4) is 22.5 Å². The highest BCUT2D eigenvalue weighted by Gasteiger charge is 2.21. The van der Waals surface area contributed by atoms with Gasteiger partial charge in [0.2, 0.25) is 0 Å². The first kappa shape index (κ1) is 21.6. The van der Waals surface area contributed by atoms with Crippen LogP contribution in [0.2, 0.25) is 0 Å². The number of fused-ring (bicyclic) bond motifs is 8. The Labute approximate surface area is 229 Å². The fraction of sp³-hybridized carbons (Fsp3) is 0. The second kappa shape index (κ2) is 8.08. The monoisotopic (exact) mass is 510 g/mol. The third-order valence-corrected chi connectivity index (χ3v) is 8.28. The van der Waals surface area contributed by atoms with Gasteiger partial charge in [0.15, 0.2) is 0 Å². The molecule has 0 aliphatic rings. The lowest BCUT2D eigenvalue weighted by Crippen LogP contribution is -1.90. The van der Waals surface area contributed by atoms with Crippen LogP contribution in [0.5, 0.6) is 0 Å². The Bertz CT molecular complexity index is 2380. The summed E-state index contributed by atoms with van der Waals surface area (Å²) < 4.78 is 13.1. The van der Waals surface area contributed by atoms with E-state index >= 15 is 0 Å². The molecule has 0 saturated carbocycles. The standard InChI is InChI=1S/C38H22O2/c1-2-11-24-23(10-1)20-21-34-32(24)22-35(39-34)37-28-15-5-3-13-26(28)36(27-14-4-6-16-29(27)37)31-18-9-17-30-25-12-7-8-19-33(25)40-38(30)31/h1-22H. The minimum atomic E-state index is 0.882. The van der Waals surface area contributed by atoms with Gasteiger partial charge in [-0.05, 0) is 50.5 Å². The largest absolute Gasteiger partial charge is 0.456 e. The van der Waals surface area contributed by atoms with Crippen LogP contribution < -0.4 is 0 Å². The summed E-state index contributed by atoms with van der Waals surface area (Å²) in [6.07, 6.45) is 0. The molecule has 2 heterocycles. The Kier molecular flexibility index (Phi) is 4.36. The Morgan fingerprint density at radius 2 is 0.925 bits per heavy atom. The zero-order chi connectivity index (χ0) is 26.2. The fourth-order valence-corrected chi connectivity index (χ4v) is 6.54. The summed E-state index contributed by atoms with van der Waals surface area (Å²) >= 11 is 0. The topological polar surface area (TPSA) is 26.3 Å². The van der Waals surface area contributed by atoms with Crippen LogP contribution in [-0.2, 0) is 0 Å². The molecule has 7 aromatic carbocycles. The van der Waals surface area contributed by atoms with Crippen molar-refractivity contribution in [2.24, 2.45) is 0 Å². The van der Waals surface area contributed by atoms with Crippen LogP contribution in [0.15, 0.2) is 142 Å². The number of furan rings is 2. The molecule has 0 unspecified atom stereocenters. The second-order valence-corrected chi connectivity index (χ2v) is 10.4. The lowest BCUT2D eigenvalue weighted by atomic mass is 9.87. The van der Waals surface area contributed by atoms with E-state index in [0.717, 1.165) is 60.6 Å². The molecule has 0 spiro atoms. The van der Waals surface area contributed by atoms with Gasteiger partial charge in [0.1, 0.15) is 22.5 Å². The molecule has 40 heavy (non-hydrogen) atoms. The fourth-order valence-electron chi connectivity index (χ4n) is 6.54. The van der Waals surface area contributed by atoms with Crippen molar-refractivity contribution in [1.82, 2.24) is 0 Å². The normalized spacial score (nSPS) is 12.0. The third kappa shape index (κ3) is 2.93. The van der Waals surface area contributed by atoms with Crippen LogP contribution >= 0.6 is 0 Å². The van der Waals surface area contributed by atoms with Crippen molar-refractivity contribution in [2.75, 3.05) is 0 Å². The average molecular weight is 511 g/mol. The summed E-state index contributed by atoms with van der Waals surface area (Å²) in [6.45, 7) is 0. The molecule has 0 aliphatic heterocycles. The summed E-state index contributed by atoms with van der Waals surface area (Å²) in [5.74, 6) is 0.882. The zero-order valence-corrected chi connectivity index (χ0v) is 21.5. The average Bonchev–Trinajstić information content (AvgIpc) is 3.62. The summed E-state index contributed by atoms with van der Waals surface area (Å²) in [5, 5.41) is 10.5. The summed E-state index contributed by atoms with van der Waals surface area (Å²) in [5.41, 5.74) is 6.13. The maximum Gasteiger partial charge on any atom is 0.143 e. The molecule has 9 rings (SSSR count). The summed E-state index contributed by atoms with van der Waals surface area (Å²) in [7, 11) is 0. The van der Waals surface area contributed by atoms with Gasteiger partial charge in [-0.25, -0.2) is 0 Å². The zero-order valence-electron chi connectivity index (χ0n) is 21.5. The number of para-hydroxylation sites is 2. The van der Waals surface area contributed by atoms with Gasteiger partial charge < -0.3 is 8.83 Å². The first-order valence-corrected chi connectivity index (χ1v) is 13.6. The van der Waals surface area contributed by atoms with Gasteiger partial charge in [-0.3, -0.25) is 0 Å². The van der Waals surface area contributed by atoms with E-state index in [2.05, 4.69) is 121 Å². The molecule has 2 nitrogen and oxygen atoms in total. The van der Waals surface area contributed by atoms with E-state index in [9.17, 15) is 0 Å². The predicted octanol–water partition coefficient (Wildman–Crippen LogP) is 11.1. The molecule has 186 valence electrons. The molecule has 0 N–H and O–H groups in total. The molecule has 0 radical (unpaired) electrons. The molecule has 0 aliphatic carbocycles. The smallest absolute Gasteiger partial charge is 0.143 e. The van der Waals surface area contributed by atoms with E-state index in [1.807, 2.05) is 12.1 Å². The van der Waals surface area contributed by atoms with Crippen LogP contribution in [0.25, 0.3) is 87.7 Å². The quantitative estimate of drug-likeness (QED) is 0.216. The highest BCUT2D eigenvalue weighted by molar-refractivity contribution is 6.24. The molecule has 0 bridgehead atoms. The van der Waals surface area contributed by atoms with E-state index in [0.29, 0.717) is 0 Å². The van der Waals surface area contributed by atoms with Crippen molar-refractivity contribution in [2.45, 2.75) is 0 Å². The van der Waals surface area contributed by atoms with Crippen LogP contribution in [0.3, 0.4) is 0 Å². The molecule has 0 amide bonds. The number of hydrogen-bond donors (Lipinski definition) is 0. The van der Waals surface area contributed by atoms with Crippen molar-refractivity contribution >= 4 is 65.2 Å². The van der Waals surface area contributed by atoms with Crippen LogP contribution in [-0.4, -0.2) is 0 Å². The second-order valence-electron chi connectivity index (χ2n) is 10.4. The minimum absolute atomic E-state index is 0.882. The van der Waals surface area contributed by atoms with Crippen LogP contribution in [0.4, 0.5) is 0 Å². The highest BCUT2D eigenvalue weighted by atomic mass is 16.3. The Balaban J connectivity index is 1.42. The van der Waals surface area contributed by atoms with Gasteiger partial charge >= 0.3 is 0 Å². The third-order valence-electron chi connectivity index (χ3n) is 8.28. The number of hydrogen-bond acceptors (Lipinski definition) is 2. The molecule has 0 atom stereocenters. The van der Waals surface area contributed by atoms with Crippen molar-refractivity contribution in [3.05, 3.63) is 133 Å². The van der Waals surface area contributed by atoms with E-state index in [1.165, 1.54) is 27.1 Å². The van der Waals surface area contributed by atoms with Gasteiger partial charge in [0.25, 0.3) is 0 Å². The minimum Gasteiger partial charge on any atom is -0.456 e. The van der Waals surface area contributed by atoms with Gasteiger partial charge in [-0.15, -0.1) is 0 Å². The van der Waals surface area contributed by atoms with E-state index in [1.54, 1.807) is 0 Å². The maximum absolute atomic E-state index is 6.62. The van der Waals surface area contributed by atoms with E-state index < -0.39 is 0 Å². The van der Waals surface area contributed by atoms with Crippen molar-refractivity contribution in [1.29, 1.82) is 0 Å². The predicted molar refractivity (Wildman–Crippen MR) is 167 cm³/mol. The molecular formula is C38H22O2. The number of rotatable bonds is 2. The molecule has 2 heteroatoms. The Morgan fingerprint density at radius 1 is 0.350 bits per heavy atom. The lowest BCUT2D eigenvalue weighted by Gasteiger charge is -2.16. The Morgan fingerprint density at radius 3 is 1.68 bits per heavy atom. The highest BCUT2D eigenvalue weighted by Crippen LogP contribution is 2.47. The van der Waals surface area contributed by atoms with Crippen molar-refractivity contribution in [3.63, 3.8) is 0 Å². The summed E-state index contributed by atoms with van der Waals surface area (Å²) in [6, 6.07) is 47.0. The van der Waals surface area contributed by atoms with E-state index in [-0.39, 0.29) is 0 Å². The molecule has 0 fully saturated rings. The van der Waals surface area contributed by atoms with Gasteiger partial charge in [-0.2, -0.15) is 0 Å². The first-order valence-electron chi connectivity index (χ1n) is 13.6. The lowest BCUT2D eigenvalue weighted by molar-refractivity contribution is 0.633. The summed E-state index contributed by atoms with van der Waals surface area (Å²) in [4.78, 5) is 0. The Hall–Kier alpha value is -5.34. The maximum atomic E-state index is 6.62. The SMILES string of the molecule is c1ccc2c(c1)ccc1oc(-c3c4ccccc4c(-c4cccc5c4oc4ccccc45)c4ccccc34)cc12. The molecule has 9 aromatic rings.